The van der Waals surface area contributed by atoms with Crippen LogP contribution < -0.4 is 15.8 Å². The zero-order valence-electron chi connectivity index (χ0n) is 10.7. The number of benzene rings is 1. The van der Waals surface area contributed by atoms with Gasteiger partial charge in [-0.15, -0.1) is 0 Å². The highest BCUT2D eigenvalue weighted by atomic mass is 19.1. The fourth-order valence-corrected chi connectivity index (χ4v) is 1.28. The first kappa shape index (κ1) is 14.4. The molecule has 1 aromatic rings. The molecule has 0 spiro atoms. The van der Waals surface area contributed by atoms with Gasteiger partial charge in [0.25, 0.3) is 0 Å². The van der Waals surface area contributed by atoms with Crippen LogP contribution in [0.25, 0.3) is 0 Å². The second-order valence-corrected chi connectivity index (χ2v) is 4.69. The van der Waals surface area contributed by atoms with Gasteiger partial charge in [0.1, 0.15) is 11.6 Å². The van der Waals surface area contributed by atoms with E-state index in [0.29, 0.717) is 12.3 Å². The van der Waals surface area contributed by atoms with Gasteiger partial charge in [-0.25, -0.2) is 4.39 Å². The molecule has 0 aromatic heterocycles. The predicted molar refractivity (Wildman–Crippen MR) is 67.8 cm³/mol. The molecule has 0 radical (unpaired) electrons. The fourth-order valence-electron chi connectivity index (χ4n) is 1.28. The Hall–Kier alpha value is -1.62. The molecule has 0 saturated carbocycles. The molecule has 100 valence electrons. The van der Waals surface area contributed by atoms with Gasteiger partial charge in [0, 0.05) is 12.1 Å². The minimum absolute atomic E-state index is 0.118. The lowest BCUT2D eigenvalue weighted by atomic mass is 10.1. The van der Waals surface area contributed by atoms with E-state index in [1.807, 2.05) is 13.8 Å². The number of nitrogens with two attached hydrogens (primary N) is 1. The molecule has 0 fully saturated rings. The van der Waals surface area contributed by atoms with Crippen molar-refractivity contribution in [3.8, 4) is 5.75 Å². The van der Waals surface area contributed by atoms with Crippen molar-refractivity contribution in [1.29, 1.82) is 0 Å². The van der Waals surface area contributed by atoms with Crippen molar-refractivity contribution in [2.24, 2.45) is 5.73 Å². The van der Waals surface area contributed by atoms with Gasteiger partial charge in [0.2, 0.25) is 5.91 Å². The van der Waals surface area contributed by atoms with Crippen LogP contribution in [0, 0.1) is 5.82 Å². The third-order valence-corrected chi connectivity index (χ3v) is 2.40. The lowest BCUT2D eigenvalue weighted by molar-refractivity contribution is -0.123. The Bertz CT molecular complexity index is 390. The summed E-state index contributed by atoms with van der Waals surface area (Å²) in [6.45, 7) is 4.33. The van der Waals surface area contributed by atoms with E-state index in [0.717, 1.165) is 0 Å². The molecule has 1 rings (SSSR count). The molecule has 4 nitrogen and oxygen atoms in total. The molecule has 5 heteroatoms. The second kappa shape index (κ2) is 6.35. The highest BCUT2D eigenvalue weighted by Gasteiger charge is 2.17. The van der Waals surface area contributed by atoms with E-state index in [1.54, 1.807) is 0 Å². The number of rotatable bonds is 6. The number of carbonyl (C=O) groups is 1. The van der Waals surface area contributed by atoms with E-state index >= 15 is 0 Å². The summed E-state index contributed by atoms with van der Waals surface area (Å²) in [5, 5.41) is 2.80. The Morgan fingerprint density at radius 3 is 2.56 bits per heavy atom. The molecule has 1 aromatic carbocycles. The van der Waals surface area contributed by atoms with Gasteiger partial charge in [0.15, 0.2) is 0 Å². The topological polar surface area (TPSA) is 64.3 Å². The van der Waals surface area contributed by atoms with Crippen LogP contribution in [-0.4, -0.2) is 24.6 Å². The van der Waals surface area contributed by atoms with Gasteiger partial charge in [-0.2, -0.15) is 0 Å². The summed E-state index contributed by atoms with van der Waals surface area (Å²) in [6.07, 6.45) is 0.237. The molecule has 0 unspecified atom stereocenters. The Balaban J connectivity index is 2.29. The number of carbonyl (C=O) groups excluding carboxylic acids is 1. The normalized spacial score (nSPS) is 11.1. The standard InChI is InChI=1S/C13H19FN2O2/c1-13(2,9-15)16-12(17)7-8-18-11-5-3-10(14)4-6-11/h3-6H,7-9,15H2,1-2H3,(H,16,17). The summed E-state index contributed by atoms with van der Waals surface area (Å²) in [5.74, 6) is 0.111. The summed E-state index contributed by atoms with van der Waals surface area (Å²) in [6, 6.07) is 5.67. The maximum Gasteiger partial charge on any atom is 0.223 e. The van der Waals surface area contributed by atoms with Crippen LogP contribution in [-0.2, 0) is 4.79 Å². The van der Waals surface area contributed by atoms with E-state index in [-0.39, 0.29) is 24.8 Å². The van der Waals surface area contributed by atoms with Gasteiger partial charge >= 0.3 is 0 Å². The van der Waals surface area contributed by atoms with Crippen LogP contribution in [0.15, 0.2) is 24.3 Å². The smallest absolute Gasteiger partial charge is 0.223 e. The van der Waals surface area contributed by atoms with Gasteiger partial charge in [-0.1, -0.05) is 0 Å². The summed E-state index contributed by atoms with van der Waals surface area (Å²) < 4.78 is 18.0. The average Bonchev–Trinajstić information content (AvgIpc) is 2.31. The number of halogens is 1. The highest BCUT2D eigenvalue weighted by Crippen LogP contribution is 2.11. The van der Waals surface area contributed by atoms with Crippen molar-refractivity contribution in [1.82, 2.24) is 5.32 Å². The SMILES string of the molecule is CC(C)(CN)NC(=O)CCOc1ccc(F)cc1. The number of hydrogen-bond acceptors (Lipinski definition) is 3. The van der Waals surface area contributed by atoms with Crippen molar-refractivity contribution in [3.05, 3.63) is 30.1 Å². The summed E-state index contributed by atoms with van der Waals surface area (Å²) >= 11 is 0. The Morgan fingerprint density at radius 2 is 2.00 bits per heavy atom. The first-order chi connectivity index (χ1) is 8.43. The molecular weight excluding hydrogens is 235 g/mol. The first-order valence-corrected chi connectivity index (χ1v) is 5.82. The third kappa shape index (κ3) is 5.14. The predicted octanol–water partition coefficient (Wildman–Crippen LogP) is 1.45. The summed E-state index contributed by atoms with van der Waals surface area (Å²) in [7, 11) is 0. The van der Waals surface area contributed by atoms with E-state index in [4.69, 9.17) is 10.5 Å². The molecular formula is C13H19FN2O2. The maximum absolute atomic E-state index is 12.6. The van der Waals surface area contributed by atoms with Crippen molar-refractivity contribution >= 4 is 5.91 Å². The lowest BCUT2D eigenvalue weighted by Crippen LogP contribution is -2.49. The van der Waals surface area contributed by atoms with Crippen LogP contribution in [0.5, 0.6) is 5.75 Å². The number of nitrogens with one attached hydrogen (secondary N) is 1. The van der Waals surface area contributed by atoms with Crippen LogP contribution in [0.4, 0.5) is 4.39 Å². The molecule has 0 bridgehead atoms. The quantitative estimate of drug-likeness (QED) is 0.807. The largest absolute Gasteiger partial charge is 0.493 e. The van der Waals surface area contributed by atoms with Crippen LogP contribution in [0.1, 0.15) is 20.3 Å². The van der Waals surface area contributed by atoms with E-state index in [1.165, 1.54) is 24.3 Å². The molecule has 0 aliphatic rings. The molecule has 0 atom stereocenters. The molecule has 18 heavy (non-hydrogen) atoms. The van der Waals surface area contributed by atoms with Crippen molar-refractivity contribution in [3.63, 3.8) is 0 Å². The molecule has 0 heterocycles. The Morgan fingerprint density at radius 1 is 1.39 bits per heavy atom. The lowest BCUT2D eigenvalue weighted by Gasteiger charge is -2.24. The van der Waals surface area contributed by atoms with Gasteiger partial charge < -0.3 is 15.8 Å². The summed E-state index contributed by atoms with van der Waals surface area (Å²) in [5.41, 5.74) is 5.10. The van der Waals surface area contributed by atoms with Gasteiger partial charge in [0.05, 0.1) is 13.0 Å². The zero-order chi connectivity index (χ0) is 13.6. The minimum atomic E-state index is -0.410. The summed E-state index contributed by atoms with van der Waals surface area (Å²) in [4.78, 5) is 11.6. The van der Waals surface area contributed by atoms with Crippen LogP contribution in [0.3, 0.4) is 0 Å². The number of amides is 1. The van der Waals surface area contributed by atoms with E-state index in [9.17, 15) is 9.18 Å². The van der Waals surface area contributed by atoms with Crippen LogP contribution >= 0.6 is 0 Å². The molecule has 3 N–H and O–H groups in total. The van der Waals surface area contributed by atoms with Crippen LogP contribution in [0.2, 0.25) is 0 Å². The van der Waals surface area contributed by atoms with Crippen molar-refractivity contribution < 1.29 is 13.9 Å². The minimum Gasteiger partial charge on any atom is -0.493 e. The fraction of sp³-hybridized carbons (Fsp3) is 0.462. The maximum atomic E-state index is 12.6. The van der Waals surface area contributed by atoms with Gasteiger partial charge in [-0.05, 0) is 38.1 Å². The first-order valence-electron chi connectivity index (χ1n) is 5.82. The molecule has 1 amide bonds. The monoisotopic (exact) mass is 254 g/mol. The number of ether oxygens (including phenoxy) is 1. The second-order valence-electron chi connectivity index (χ2n) is 4.69. The molecule has 0 aliphatic carbocycles. The average molecular weight is 254 g/mol. The van der Waals surface area contributed by atoms with Gasteiger partial charge in [-0.3, -0.25) is 4.79 Å². The van der Waals surface area contributed by atoms with E-state index in [2.05, 4.69) is 5.32 Å². The molecule has 0 aliphatic heterocycles. The third-order valence-electron chi connectivity index (χ3n) is 2.40. The molecule has 0 saturated heterocycles. The van der Waals surface area contributed by atoms with Crippen molar-refractivity contribution in [2.75, 3.05) is 13.2 Å². The highest BCUT2D eigenvalue weighted by molar-refractivity contribution is 5.76. The number of hydrogen-bond donors (Lipinski definition) is 2. The van der Waals surface area contributed by atoms with E-state index < -0.39 is 5.54 Å². The van der Waals surface area contributed by atoms with Crippen molar-refractivity contribution in [2.45, 2.75) is 25.8 Å². The Labute approximate surface area is 106 Å². The zero-order valence-corrected chi connectivity index (χ0v) is 10.7. The Kier molecular flexibility index (Phi) is 5.09.